The lowest BCUT2D eigenvalue weighted by atomic mass is 10.2. The molecule has 0 radical (unpaired) electrons. The number of carbonyl (C=O) groups excluding carboxylic acids is 1. The highest BCUT2D eigenvalue weighted by molar-refractivity contribution is 9.10. The highest BCUT2D eigenvalue weighted by Crippen LogP contribution is 2.36. The van der Waals surface area contributed by atoms with Crippen LogP contribution in [0.25, 0.3) is 0 Å². The van der Waals surface area contributed by atoms with E-state index >= 15 is 0 Å². The molecule has 0 saturated carbocycles. The van der Waals surface area contributed by atoms with Crippen molar-refractivity contribution in [3.05, 3.63) is 55.0 Å². The molecule has 0 spiro atoms. The minimum atomic E-state index is -0.524. The third-order valence-electron chi connectivity index (χ3n) is 3.37. The number of hydrazone groups is 1. The molecule has 0 unspecified atom stereocenters. The molecule has 2 aromatic rings. The number of fused-ring (bicyclic) bond motifs is 1. The summed E-state index contributed by atoms with van der Waals surface area (Å²) in [5.41, 5.74) is 2.94. The monoisotopic (exact) mass is 499 g/mol. The fourth-order valence-corrected chi connectivity index (χ4v) is 3.01. The molecule has 0 saturated heterocycles. The topological polar surface area (TPSA) is 112 Å². The van der Waals surface area contributed by atoms with Crippen LogP contribution < -0.4 is 19.6 Å². The normalized spacial score (nSPS) is 12.2. The van der Waals surface area contributed by atoms with Crippen LogP contribution in [-0.4, -0.2) is 30.4 Å². The molecule has 3 rings (SSSR count). The Bertz CT molecular complexity index is 935. The van der Waals surface area contributed by atoms with E-state index in [1.807, 2.05) is 0 Å². The summed E-state index contributed by atoms with van der Waals surface area (Å²) in [5.74, 6) is 1.04. The maximum absolute atomic E-state index is 11.8. The lowest BCUT2D eigenvalue weighted by Crippen LogP contribution is -2.24. The van der Waals surface area contributed by atoms with Crippen LogP contribution in [0, 0.1) is 10.1 Å². The van der Waals surface area contributed by atoms with Gasteiger partial charge in [0.05, 0.1) is 15.6 Å². The van der Waals surface area contributed by atoms with Gasteiger partial charge in [-0.15, -0.1) is 0 Å². The number of nitro groups is 1. The number of ether oxygens (including phenoxy) is 3. The number of benzene rings is 2. The average Bonchev–Trinajstić information content (AvgIpc) is 3.07. The van der Waals surface area contributed by atoms with Gasteiger partial charge in [-0.25, -0.2) is 5.43 Å². The quantitative estimate of drug-likeness (QED) is 0.369. The van der Waals surface area contributed by atoms with Crippen molar-refractivity contribution in [2.75, 3.05) is 13.4 Å². The van der Waals surface area contributed by atoms with E-state index in [4.69, 9.17) is 14.2 Å². The van der Waals surface area contributed by atoms with Crippen LogP contribution in [0.1, 0.15) is 5.56 Å². The summed E-state index contributed by atoms with van der Waals surface area (Å²) in [6, 6.07) is 7.46. The molecule has 1 aliphatic rings. The predicted octanol–water partition coefficient (Wildman–Crippen LogP) is 3.38. The van der Waals surface area contributed by atoms with Gasteiger partial charge in [-0.3, -0.25) is 14.9 Å². The van der Waals surface area contributed by atoms with Crippen LogP contribution in [0.15, 0.2) is 44.4 Å². The number of nitrogens with zero attached hydrogens (tertiary/aromatic N) is 2. The second-order valence-corrected chi connectivity index (χ2v) is 6.89. The third-order valence-corrected chi connectivity index (χ3v) is 4.68. The van der Waals surface area contributed by atoms with Crippen molar-refractivity contribution in [1.82, 2.24) is 5.43 Å². The lowest BCUT2D eigenvalue weighted by Gasteiger charge is -2.07. The number of halogens is 2. The van der Waals surface area contributed by atoms with E-state index in [1.54, 1.807) is 12.1 Å². The first kappa shape index (κ1) is 19.1. The molecule has 1 N–H and O–H groups in total. The van der Waals surface area contributed by atoms with E-state index in [0.717, 1.165) is 4.47 Å². The first-order valence-electron chi connectivity index (χ1n) is 7.42. The molecule has 0 atom stereocenters. The van der Waals surface area contributed by atoms with Crippen molar-refractivity contribution >= 4 is 49.7 Å². The standard InChI is InChI=1S/C16H11Br2N3O6/c17-11-5-15-14(26-8-27-15)3-9(11)6-19-20-16(22)7-25-13-2-1-10(21(23)24)4-12(13)18/h1-6H,7-8H2,(H,20,22). The largest absolute Gasteiger partial charge is 0.483 e. The van der Waals surface area contributed by atoms with E-state index in [0.29, 0.717) is 27.3 Å². The molecular formula is C16H11Br2N3O6. The molecule has 1 aliphatic heterocycles. The van der Waals surface area contributed by atoms with Crippen LogP contribution in [0.3, 0.4) is 0 Å². The Kier molecular flexibility index (Phi) is 5.91. The van der Waals surface area contributed by atoms with Crippen molar-refractivity contribution in [2.24, 2.45) is 5.10 Å². The van der Waals surface area contributed by atoms with Crippen LogP contribution >= 0.6 is 31.9 Å². The Morgan fingerprint density at radius 3 is 2.70 bits per heavy atom. The van der Waals surface area contributed by atoms with Gasteiger partial charge in [0.15, 0.2) is 18.1 Å². The van der Waals surface area contributed by atoms with Crippen molar-refractivity contribution < 1.29 is 23.9 Å². The molecule has 0 aliphatic carbocycles. The first-order valence-corrected chi connectivity index (χ1v) is 9.00. The van der Waals surface area contributed by atoms with Gasteiger partial charge in [0, 0.05) is 22.2 Å². The lowest BCUT2D eigenvalue weighted by molar-refractivity contribution is -0.384. The van der Waals surface area contributed by atoms with Gasteiger partial charge in [0.25, 0.3) is 11.6 Å². The highest BCUT2D eigenvalue weighted by atomic mass is 79.9. The maximum Gasteiger partial charge on any atom is 0.277 e. The summed E-state index contributed by atoms with van der Waals surface area (Å²) in [5, 5.41) is 14.6. The number of carbonyl (C=O) groups is 1. The van der Waals surface area contributed by atoms with Gasteiger partial charge in [-0.2, -0.15) is 5.10 Å². The Morgan fingerprint density at radius 1 is 1.26 bits per heavy atom. The van der Waals surface area contributed by atoms with E-state index in [9.17, 15) is 14.9 Å². The summed E-state index contributed by atoms with van der Waals surface area (Å²) in [6.07, 6.45) is 1.45. The Hall–Kier alpha value is -2.66. The van der Waals surface area contributed by atoms with Crippen molar-refractivity contribution in [1.29, 1.82) is 0 Å². The number of non-ortho nitro benzene ring substituents is 1. The fraction of sp³-hybridized carbons (Fsp3) is 0.125. The molecule has 9 nitrogen and oxygen atoms in total. The number of hydrogen-bond acceptors (Lipinski definition) is 7. The van der Waals surface area contributed by atoms with Gasteiger partial charge in [-0.05, 0) is 50.1 Å². The van der Waals surface area contributed by atoms with Gasteiger partial charge in [-0.1, -0.05) is 0 Å². The molecule has 0 aromatic heterocycles. The number of hydrogen-bond donors (Lipinski definition) is 1. The Morgan fingerprint density at radius 2 is 2.00 bits per heavy atom. The second-order valence-electron chi connectivity index (χ2n) is 5.18. The molecule has 1 heterocycles. The molecule has 140 valence electrons. The van der Waals surface area contributed by atoms with E-state index < -0.39 is 10.8 Å². The van der Waals surface area contributed by atoms with Crippen LogP contribution in [0.2, 0.25) is 0 Å². The summed E-state index contributed by atoms with van der Waals surface area (Å²) < 4.78 is 17.0. The SMILES string of the molecule is O=C(COc1ccc([N+](=O)[O-])cc1Br)NN=Cc1cc2c(cc1Br)OCO2. The van der Waals surface area contributed by atoms with E-state index in [-0.39, 0.29) is 19.1 Å². The maximum atomic E-state index is 11.8. The summed E-state index contributed by atoms with van der Waals surface area (Å²) in [7, 11) is 0. The van der Waals surface area contributed by atoms with Crippen molar-refractivity contribution in [3.63, 3.8) is 0 Å². The summed E-state index contributed by atoms with van der Waals surface area (Å²) >= 11 is 6.55. The second kappa shape index (κ2) is 8.35. The summed E-state index contributed by atoms with van der Waals surface area (Å²) in [6.45, 7) is -0.148. The smallest absolute Gasteiger partial charge is 0.277 e. The zero-order valence-corrected chi connectivity index (χ0v) is 16.7. The molecule has 0 bridgehead atoms. The average molecular weight is 501 g/mol. The van der Waals surface area contributed by atoms with Crippen LogP contribution in [-0.2, 0) is 4.79 Å². The number of nitro benzene ring substituents is 1. The van der Waals surface area contributed by atoms with E-state index in [2.05, 4.69) is 42.4 Å². The molecule has 11 heteroatoms. The van der Waals surface area contributed by atoms with Gasteiger partial charge in [0.1, 0.15) is 5.75 Å². The zero-order valence-electron chi connectivity index (χ0n) is 13.5. The molecular weight excluding hydrogens is 490 g/mol. The number of amides is 1. The summed E-state index contributed by atoms with van der Waals surface area (Å²) in [4.78, 5) is 22.0. The van der Waals surface area contributed by atoms with Gasteiger partial charge in [0.2, 0.25) is 6.79 Å². The number of rotatable bonds is 6. The Balaban J connectivity index is 1.54. The molecule has 1 amide bonds. The Labute approximate surface area is 169 Å². The minimum Gasteiger partial charge on any atom is -0.483 e. The van der Waals surface area contributed by atoms with Crippen molar-refractivity contribution in [3.8, 4) is 17.2 Å². The molecule has 0 fully saturated rings. The molecule has 2 aromatic carbocycles. The number of nitrogens with one attached hydrogen (secondary N) is 1. The molecule has 27 heavy (non-hydrogen) atoms. The first-order chi connectivity index (χ1) is 12.9. The minimum absolute atomic E-state index is 0.0856. The van der Waals surface area contributed by atoms with Gasteiger partial charge >= 0.3 is 0 Å². The van der Waals surface area contributed by atoms with Crippen LogP contribution in [0.4, 0.5) is 5.69 Å². The van der Waals surface area contributed by atoms with Crippen molar-refractivity contribution in [2.45, 2.75) is 0 Å². The predicted molar refractivity (Wildman–Crippen MR) is 102 cm³/mol. The van der Waals surface area contributed by atoms with Crippen LogP contribution in [0.5, 0.6) is 17.2 Å². The third kappa shape index (κ3) is 4.74. The zero-order chi connectivity index (χ0) is 19.4. The fourth-order valence-electron chi connectivity index (χ4n) is 2.10. The van der Waals surface area contributed by atoms with Gasteiger partial charge < -0.3 is 14.2 Å². The van der Waals surface area contributed by atoms with E-state index in [1.165, 1.54) is 24.4 Å². The highest BCUT2D eigenvalue weighted by Gasteiger charge is 2.15.